The predicted octanol–water partition coefficient (Wildman–Crippen LogP) is 3.39. The van der Waals surface area contributed by atoms with Gasteiger partial charge in [0.05, 0.1) is 18.5 Å². The molecule has 0 bridgehead atoms. The van der Waals surface area contributed by atoms with E-state index in [1.165, 1.54) is 11.8 Å². The van der Waals surface area contributed by atoms with Gasteiger partial charge in [-0.25, -0.2) is 4.99 Å². The van der Waals surface area contributed by atoms with Crippen molar-refractivity contribution in [2.45, 2.75) is 25.4 Å². The van der Waals surface area contributed by atoms with Gasteiger partial charge >= 0.3 is 0 Å². The summed E-state index contributed by atoms with van der Waals surface area (Å²) >= 11 is 7.51. The number of amides is 2. The number of nitrogens with one attached hydrogen (secondary N) is 1. The van der Waals surface area contributed by atoms with E-state index in [1.807, 2.05) is 43.6 Å². The summed E-state index contributed by atoms with van der Waals surface area (Å²) in [5.74, 6) is -0.0227. The number of hydrogen-bond donors (Lipinski definition) is 1. The lowest BCUT2D eigenvalue weighted by Gasteiger charge is -2.16. The summed E-state index contributed by atoms with van der Waals surface area (Å²) in [5, 5.41) is 12.2. The highest BCUT2D eigenvalue weighted by atomic mass is 35.5. The molecule has 1 N–H and O–H groups in total. The third-order valence-corrected chi connectivity index (χ3v) is 6.52. The lowest BCUT2D eigenvalue weighted by Crippen LogP contribution is -2.33. The van der Waals surface area contributed by atoms with Crippen molar-refractivity contribution in [3.05, 3.63) is 70.8 Å². The molecule has 1 aliphatic heterocycles. The first-order chi connectivity index (χ1) is 16.5. The van der Waals surface area contributed by atoms with Gasteiger partial charge in [0.25, 0.3) is 5.91 Å². The maximum atomic E-state index is 12.9. The minimum Gasteiger partial charge on any atom is -0.307 e. The number of aryl methyl sites for hydroxylation is 1. The summed E-state index contributed by atoms with van der Waals surface area (Å²) in [5.41, 5.74) is 2.23. The van der Waals surface area contributed by atoms with Crippen molar-refractivity contribution in [2.24, 2.45) is 12.0 Å². The first-order valence-corrected chi connectivity index (χ1v) is 12.1. The standard InChI is InChI=1S/C23H22ClN7O2S/c1-29-11-16(10-25-29)9-19-22(33)31(17-7-8-17)23(26-19)34-14-20(32)27-21-18(24)13-30(28-21)12-15-5-3-2-4-6-15/h2-6,9-11,13,17H,7-8,12,14H2,1H3,(H,27,28,32)/b19-9+. The van der Waals surface area contributed by atoms with Gasteiger partial charge in [0, 0.05) is 31.0 Å². The van der Waals surface area contributed by atoms with Crippen molar-refractivity contribution in [1.29, 1.82) is 0 Å². The number of aromatic nitrogens is 4. The Kier molecular flexibility index (Phi) is 6.25. The quantitative estimate of drug-likeness (QED) is 0.507. The molecule has 1 fully saturated rings. The molecule has 174 valence electrons. The van der Waals surface area contributed by atoms with Crippen molar-refractivity contribution in [3.63, 3.8) is 0 Å². The third-order valence-electron chi connectivity index (χ3n) is 5.29. The van der Waals surface area contributed by atoms with Crippen molar-refractivity contribution >= 4 is 52.2 Å². The fraction of sp³-hybridized carbons (Fsp3) is 0.261. The third kappa shape index (κ3) is 5.07. The van der Waals surface area contributed by atoms with Crippen LogP contribution in [0.15, 0.2) is 59.6 Å². The normalized spacial score (nSPS) is 16.9. The summed E-state index contributed by atoms with van der Waals surface area (Å²) in [6.07, 6.45) is 8.77. The van der Waals surface area contributed by atoms with Crippen LogP contribution in [-0.2, 0) is 23.2 Å². The Labute approximate surface area is 205 Å². The number of benzene rings is 1. The van der Waals surface area contributed by atoms with E-state index in [1.54, 1.807) is 32.7 Å². The monoisotopic (exact) mass is 495 g/mol. The maximum absolute atomic E-state index is 12.9. The minimum atomic E-state index is -0.271. The topological polar surface area (TPSA) is 97.4 Å². The Bertz CT molecular complexity index is 1290. The van der Waals surface area contributed by atoms with Crippen LogP contribution in [0, 0.1) is 0 Å². The van der Waals surface area contributed by atoms with Gasteiger partial charge in [0.15, 0.2) is 11.0 Å². The van der Waals surface area contributed by atoms with Crippen LogP contribution < -0.4 is 5.32 Å². The predicted molar refractivity (Wildman–Crippen MR) is 132 cm³/mol. The molecule has 1 saturated carbocycles. The summed E-state index contributed by atoms with van der Waals surface area (Å²) in [7, 11) is 1.81. The number of carbonyl (C=O) groups is 2. The van der Waals surface area contributed by atoms with E-state index >= 15 is 0 Å². The zero-order valence-electron chi connectivity index (χ0n) is 18.4. The molecular weight excluding hydrogens is 474 g/mol. The van der Waals surface area contributed by atoms with Gasteiger partial charge in [0.2, 0.25) is 5.91 Å². The van der Waals surface area contributed by atoms with Gasteiger partial charge < -0.3 is 5.32 Å². The van der Waals surface area contributed by atoms with Crippen LogP contribution in [0.1, 0.15) is 24.0 Å². The van der Waals surface area contributed by atoms with Crippen molar-refractivity contribution < 1.29 is 9.59 Å². The molecule has 2 aromatic heterocycles. The maximum Gasteiger partial charge on any atom is 0.278 e. The van der Waals surface area contributed by atoms with Gasteiger partial charge in [0.1, 0.15) is 10.7 Å². The molecular formula is C23H22ClN7O2S. The summed E-state index contributed by atoms with van der Waals surface area (Å²) in [4.78, 5) is 31.7. The molecule has 2 aliphatic rings. The average molecular weight is 496 g/mol. The molecule has 1 aromatic carbocycles. The van der Waals surface area contributed by atoms with Crippen LogP contribution in [0.4, 0.5) is 5.82 Å². The average Bonchev–Trinajstić information content (AvgIpc) is 3.37. The molecule has 1 aliphatic carbocycles. The Balaban J connectivity index is 1.23. The molecule has 11 heteroatoms. The van der Waals surface area contributed by atoms with Gasteiger partial charge in [-0.2, -0.15) is 10.2 Å². The van der Waals surface area contributed by atoms with Crippen LogP contribution >= 0.6 is 23.4 Å². The van der Waals surface area contributed by atoms with Crippen LogP contribution in [0.5, 0.6) is 0 Å². The molecule has 5 rings (SSSR count). The van der Waals surface area contributed by atoms with E-state index in [0.717, 1.165) is 24.0 Å². The smallest absolute Gasteiger partial charge is 0.278 e. The number of thioether (sulfide) groups is 1. The Morgan fingerprint density at radius 1 is 1.26 bits per heavy atom. The molecule has 3 heterocycles. The fourth-order valence-electron chi connectivity index (χ4n) is 3.57. The Morgan fingerprint density at radius 2 is 2.06 bits per heavy atom. The molecule has 34 heavy (non-hydrogen) atoms. The molecule has 0 spiro atoms. The van der Waals surface area contributed by atoms with Crippen molar-refractivity contribution in [1.82, 2.24) is 24.5 Å². The summed E-state index contributed by atoms with van der Waals surface area (Å²) < 4.78 is 3.35. The van der Waals surface area contributed by atoms with Crippen LogP contribution in [0.2, 0.25) is 5.02 Å². The van der Waals surface area contributed by atoms with Crippen LogP contribution in [0.3, 0.4) is 0 Å². The second-order valence-corrected chi connectivity index (χ2v) is 9.47. The zero-order valence-corrected chi connectivity index (χ0v) is 20.0. The van der Waals surface area contributed by atoms with Crippen molar-refractivity contribution in [2.75, 3.05) is 11.1 Å². The number of carbonyl (C=O) groups excluding carboxylic acids is 2. The van der Waals surface area contributed by atoms with E-state index in [9.17, 15) is 9.59 Å². The number of rotatable bonds is 7. The lowest BCUT2D eigenvalue weighted by atomic mass is 10.2. The molecule has 2 amide bonds. The Hall–Kier alpha value is -3.37. The number of amidine groups is 1. The molecule has 0 saturated heterocycles. The van der Waals surface area contributed by atoms with E-state index in [4.69, 9.17) is 11.6 Å². The minimum absolute atomic E-state index is 0.0807. The highest BCUT2D eigenvalue weighted by Gasteiger charge is 2.41. The Morgan fingerprint density at radius 3 is 2.76 bits per heavy atom. The van der Waals surface area contributed by atoms with Gasteiger partial charge in [-0.1, -0.05) is 53.7 Å². The molecule has 9 nitrogen and oxygen atoms in total. The fourth-order valence-corrected chi connectivity index (χ4v) is 4.63. The molecule has 0 atom stereocenters. The van der Waals surface area contributed by atoms with E-state index in [-0.39, 0.29) is 23.6 Å². The second kappa shape index (κ2) is 9.47. The first kappa shape index (κ1) is 22.4. The second-order valence-electron chi connectivity index (χ2n) is 8.12. The summed E-state index contributed by atoms with van der Waals surface area (Å²) in [6.45, 7) is 0.548. The van der Waals surface area contributed by atoms with Crippen molar-refractivity contribution in [3.8, 4) is 0 Å². The first-order valence-electron chi connectivity index (χ1n) is 10.8. The molecule has 0 unspecified atom stereocenters. The molecule has 3 aromatic rings. The number of nitrogens with zero attached hydrogens (tertiary/aromatic N) is 6. The highest BCUT2D eigenvalue weighted by molar-refractivity contribution is 8.14. The SMILES string of the molecule is Cn1cc(/C=C2/N=C(SCC(=O)Nc3nn(Cc4ccccc4)cc3Cl)N(C3CC3)C2=O)cn1. The van der Waals surface area contributed by atoms with Gasteiger partial charge in [-0.15, -0.1) is 0 Å². The number of hydrogen-bond acceptors (Lipinski definition) is 6. The number of halogens is 1. The van der Waals surface area contributed by atoms with E-state index < -0.39 is 0 Å². The number of aliphatic imine (C=N–C) groups is 1. The zero-order chi connectivity index (χ0) is 23.7. The molecule has 0 radical (unpaired) electrons. The van der Waals surface area contributed by atoms with Gasteiger partial charge in [-0.3, -0.25) is 23.9 Å². The largest absolute Gasteiger partial charge is 0.307 e. The lowest BCUT2D eigenvalue weighted by molar-refractivity contribution is -0.123. The van der Waals surface area contributed by atoms with E-state index in [2.05, 4.69) is 20.5 Å². The highest BCUT2D eigenvalue weighted by Crippen LogP contribution is 2.35. The summed E-state index contributed by atoms with van der Waals surface area (Å²) in [6, 6.07) is 10.0. The van der Waals surface area contributed by atoms with Crippen LogP contribution in [-0.4, -0.2) is 53.2 Å². The van der Waals surface area contributed by atoms with Crippen LogP contribution in [0.25, 0.3) is 6.08 Å². The van der Waals surface area contributed by atoms with E-state index in [0.29, 0.717) is 28.2 Å². The number of anilines is 1. The van der Waals surface area contributed by atoms with Gasteiger partial charge in [-0.05, 0) is 24.5 Å².